The van der Waals surface area contributed by atoms with Gasteiger partial charge in [0.15, 0.2) is 17.7 Å². The summed E-state index contributed by atoms with van der Waals surface area (Å²) in [5, 5.41) is 4.10. The first-order valence-corrected chi connectivity index (χ1v) is 8.16. The number of hydrogen-bond donors (Lipinski definition) is 2. The summed E-state index contributed by atoms with van der Waals surface area (Å²) in [5.74, 6) is -1.72. The van der Waals surface area contributed by atoms with Crippen LogP contribution in [0, 0.1) is 5.82 Å². The van der Waals surface area contributed by atoms with Gasteiger partial charge in [-0.25, -0.2) is 9.07 Å². The highest BCUT2D eigenvalue weighted by atomic mass is 19.1. The average molecular weight is 368 g/mol. The molecule has 0 aliphatic heterocycles. The summed E-state index contributed by atoms with van der Waals surface area (Å²) in [5.41, 5.74) is 5.71. The number of nitrogens with zero attached hydrogens (tertiary/aromatic N) is 2. The van der Waals surface area contributed by atoms with Crippen molar-refractivity contribution >= 4 is 11.8 Å². The van der Waals surface area contributed by atoms with Crippen LogP contribution in [0.3, 0.4) is 0 Å². The molecule has 0 bridgehead atoms. The van der Waals surface area contributed by atoms with E-state index in [0.717, 1.165) is 5.69 Å². The minimum atomic E-state index is -0.996. The molecule has 0 fully saturated rings. The average Bonchev–Trinajstić information content (AvgIpc) is 3.22. The Hall–Kier alpha value is -3.68. The normalized spacial score (nSPS) is 11.5. The van der Waals surface area contributed by atoms with Crippen molar-refractivity contribution in [3.05, 3.63) is 78.4 Å². The van der Waals surface area contributed by atoms with E-state index in [1.54, 1.807) is 53.5 Å². The van der Waals surface area contributed by atoms with Crippen molar-refractivity contribution in [2.45, 2.75) is 13.0 Å². The van der Waals surface area contributed by atoms with Gasteiger partial charge in [-0.05, 0) is 49.4 Å². The van der Waals surface area contributed by atoms with E-state index in [0.29, 0.717) is 5.56 Å². The van der Waals surface area contributed by atoms with Crippen LogP contribution < -0.4 is 15.6 Å². The van der Waals surface area contributed by atoms with E-state index < -0.39 is 23.7 Å². The minimum absolute atomic E-state index is 0.0410. The van der Waals surface area contributed by atoms with Crippen LogP contribution in [0.5, 0.6) is 5.75 Å². The summed E-state index contributed by atoms with van der Waals surface area (Å²) >= 11 is 0. The number of ether oxygens (including phenoxy) is 1. The number of amides is 2. The third-order valence-electron chi connectivity index (χ3n) is 3.71. The molecule has 0 spiro atoms. The molecule has 0 saturated heterocycles. The number of benzene rings is 2. The molecule has 0 saturated carbocycles. The quantitative estimate of drug-likeness (QED) is 0.677. The number of hydrogen-bond acceptors (Lipinski definition) is 4. The summed E-state index contributed by atoms with van der Waals surface area (Å²) in [6.07, 6.45) is 2.44. The molecule has 2 N–H and O–H groups in total. The zero-order chi connectivity index (χ0) is 19.2. The van der Waals surface area contributed by atoms with Crippen LogP contribution in [-0.4, -0.2) is 27.7 Å². The first-order valence-electron chi connectivity index (χ1n) is 8.16. The van der Waals surface area contributed by atoms with Gasteiger partial charge in [0.05, 0.1) is 5.69 Å². The van der Waals surface area contributed by atoms with Gasteiger partial charge in [0.1, 0.15) is 0 Å². The van der Waals surface area contributed by atoms with Gasteiger partial charge < -0.3 is 4.74 Å². The van der Waals surface area contributed by atoms with Crippen molar-refractivity contribution in [1.82, 2.24) is 20.6 Å². The minimum Gasteiger partial charge on any atom is -0.478 e. The summed E-state index contributed by atoms with van der Waals surface area (Å²) in [4.78, 5) is 24.2. The number of rotatable bonds is 5. The molecule has 1 unspecified atom stereocenters. The van der Waals surface area contributed by atoms with Crippen LogP contribution in [0.1, 0.15) is 17.3 Å². The molecule has 0 aliphatic carbocycles. The second-order valence-electron chi connectivity index (χ2n) is 5.63. The second kappa shape index (κ2) is 8.13. The molecule has 7 nitrogen and oxygen atoms in total. The lowest BCUT2D eigenvalue weighted by Crippen LogP contribution is -2.47. The highest BCUT2D eigenvalue weighted by molar-refractivity contribution is 5.95. The fourth-order valence-electron chi connectivity index (χ4n) is 2.26. The van der Waals surface area contributed by atoms with Crippen molar-refractivity contribution in [2.75, 3.05) is 0 Å². The van der Waals surface area contributed by atoms with Crippen LogP contribution in [-0.2, 0) is 4.79 Å². The lowest BCUT2D eigenvalue weighted by molar-refractivity contribution is -0.128. The van der Waals surface area contributed by atoms with Crippen LogP contribution in [0.15, 0.2) is 67.0 Å². The van der Waals surface area contributed by atoms with Gasteiger partial charge >= 0.3 is 0 Å². The van der Waals surface area contributed by atoms with Crippen molar-refractivity contribution < 1.29 is 18.7 Å². The number of hydrazine groups is 1. The molecule has 27 heavy (non-hydrogen) atoms. The summed E-state index contributed by atoms with van der Waals surface area (Å²) in [7, 11) is 0. The zero-order valence-corrected chi connectivity index (χ0v) is 14.4. The number of aromatic nitrogens is 2. The Bertz CT molecular complexity index is 926. The summed E-state index contributed by atoms with van der Waals surface area (Å²) in [6, 6.07) is 14.2. The molecule has 1 heterocycles. The predicted molar refractivity (Wildman–Crippen MR) is 95.7 cm³/mol. The Morgan fingerprint density at radius 3 is 2.48 bits per heavy atom. The third-order valence-corrected chi connectivity index (χ3v) is 3.71. The van der Waals surface area contributed by atoms with Gasteiger partial charge in [0.25, 0.3) is 11.8 Å². The number of carbonyl (C=O) groups excluding carboxylic acids is 2. The highest BCUT2D eigenvalue weighted by Crippen LogP contribution is 2.16. The Morgan fingerprint density at radius 1 is 1.07 bits per heavy atom. The molecule has 8 heteroatoms. The molecule has 138 valence electrons. The fraction of sp³-hybridized carbons (Fsp3) is 0.105. The number of halogens is 1. The zero-order valence-electron chi connectivity index (χ0n) is 14.4. The predicted octanol–water partition coefficient (Wildman–Crippen LogP) is 2.24. The summed E-state index contributed by atoms with van der Waals surface area (Å²) in [6.45, 7) is 1.45. The SMILES string of the molecule is CC(Oc1ccccc1F)C(=O)NNC(=O)c1ccc(-n2cccn2)cc1. The van der Waals surface area contributed by atoms with E-state index in [-0.39, 0.29) is 5.75 Å². The standard InChI is InChI=1S/C19H17FN4O3/c1-13(27-17-6-3-2-5-16(17)20)18(25)22-23-19(26)14-7-9-15(10-8-14)24-12-4-11-21-24/h2-13H,1H3,(H,22,25)(H,23,26). The lowest BCUT2D eigenvalue weighted by atomic mass is 10.2. The van der Waals surface area contributed by atoms with E-state index in [1.165, 1.54) is 25.1 Å². The van der Waals surface area contributed by atoms with E-state index in [9.17, 15) is 14.0 Å². The molecule has 1 aromatic heterocycles. The van der Waals surface area contributed by atoms with Gasteiger partial charge in [0.2, 0.25) is 0 Å². The lowest BCUT2D eigenvalue weighted by Gasteiger charge is -2.15. The van der Waals surface area contributed by atoms with Crippen molar-refractivity contribution in [3.63, 3.8) is 0 Å². The Labute approximate surface area is 154 Å². The third kappa shape index (κ3) is 4.49. The Morgan fingerprint density at radius 2 is 1.81 bits per heavy atom. The molecule has 0 radical (unpaired) electrons. The van der Waals surface area contributed by atoms with Crippen LogP contribution >= 0.6 is 0 Å². The van der Waals surface area contributed by atoms with Gasteiger partial charge in [-0.3, -0.25) is 20.4 Å². The molecular weight excluding hydrogens is 351 g/mol. The summed E-state index contributed by atoms with van der Waals surface area (Å²) < 4.78 is 20.5. The van der Waals surface area contributed by atoms with Crippen molar-refractivity contribution in [2.24, 2.45) is 0 Å². The largest absolute Gasteiger partial charge is 0.478 e. The molecule has 2 aromatic carbocycles. The topological polar surface area (TPSA) is 85.3 Å². The molecule has 3 aromatic rings. The second-order valence-corrected chi connectivity index (χ2v) is 5.63. The highest BCUT2D eigenvalue weighted by Gasteiger charge is 2.17. The molecule has 3 rings (SSSR count). The van der Waals surface area contributed by atoms with E-state index in [4.69, 9.17) is 4.74 Å². The maximum Gasteiger partial charge on any atom is 0.279 e. The van der Waals surface area contributed by atoms with E-state index in [2.05, 4.69) is 16.0 Å². The maximum atomic E-state index is 13.6. The number of para-hydroxylation sites is 1. The number of carbonyl (C=O) groups is 2. The Balaban J connectivity index is 1.53. The molecular formula is C19H17FN4O3. The van der Waals surface area contributed by atoms with Crippen LogP contribution in [0.2, 0.25) is 0 Å². The maximum absolute atomic E-state index is 13.6. The molecule has 0 aliphatic rings. The van der Waals surface area contributed by atoms with Gasteiger partial charge in [-0.2, -0.15) is 5.10 Å². The Kier molecular flexibility index (Phi) is 5.46. The van der Waals surface area contributed by atoms with E-state index >= 15 is 0 Å². The van der Waals surface area contributed by atoms with Crippen LogP contribution in [0.4, 0.5) is 4.39 Å². The van der Waals surface area contributed by atoms with Crippen molar-refractivity contribution in [3.8, 4) is 11.4 Å². The van der Waals surface area contributed by atoms with Gasteiger partial charge in [-0.15, -0.1) is 0 Å². The fourth-order valence-corrected chi connectivity index (χ4v) is 2.26. The first kappa shape index (κ1) is 18.1. The van der Waals surface area contributed by atoms with Crippen molar-refractivity contribution in [1.29, 1.82) is 0 Å². The smallest absolute Gasteiger partial charge is 0.279 e. The van der Waals surface area contributed by atoms with Crippen LogP contribution in [0.25, 0.3) is 5.69 Å². The number of nitrogens with one attached hydrogen (secondary N) is 2. The van der Waals surface area contributed by atoms with Gasteiger partial charge in [0, 0.05) is 18.0 Å². The first-order chi connectivity index (χ1) is 13.0. The molecule has 2 amide bonds. The monoisotopic (exact) mass is 368 g/mol. The molecule has 1 atom stereocenters. The van der Waals surface area contributed by atoms with Gasteiger partial charge in [-0.1, -0.05) is 12.1 Å². The van der Waals surface area contributed by atoms with E-state index in [1.807, 2.05) is 0 Å².